The first kappa shape index (κ1) is 20.7. The van der Waals surface area contributed by atoms with E-state index >= 15 is 0 Å². The second-order valence-corrected chi connectivity index (χ2v) is 8.61. The van der Waals surface area contributed by atoms with Crippen LogP contribution in [0.3, 0.4) is 0 Å². The van der Waals surface area contributed by atoms with Crippen molar-refractivity contribution >= 4 is 32.6 Å². The summed E-state index contributed by atoms with van der Waals surface area (Å²) >= 11 is 0. The molecule has 0 radical (unpaired) electrons. The number of benzene rings is 2. The van der Waals surface area contributed by atoms with Gasteiger partial charge < -0.3 is 9.88 Å². The van der Waals surface area contributed by atoms with Gasteiger partial charge in [0.05, 0.1) is 17.6 Å². The summed E-state index contributed by atoms with van der Waals surface area (Å²) in [5, 5.41) is 2.38. The molecule has 0 aliphatic rings. The Hall–Kier alpha value is -3.07. The summed E-state index contributed by atoms with van der Waals surface area (Å²) in [6.07, 6.45) is 1.32. The van der Waals surface area contributed by atoms with Gasteiger partial charge in [-0.05, 0) is 30.2 Å². The van der Waals surface area contributed by atoms with Gasteiger partial charge in [0.25, 0.3) is 0 Å². The second kappa shape index (κ2) is 8.12. The SMILES string of the molecule is CC(=O)NCCc1ccc(C(=O)Cn2c(S(C)(=O)=O)nc3ccccc32)cc1F. The molecule has 3 rings (SSSR count). The van der Waals surface area contributed by atoms with Gasteiger partial charge in [0, 0.05) is 25.3 Å². The lowest BCUT2D eigenvalue weighted by Gasteiger charge is -2.09. The maximum Gasteiger partial charge on any atom is 0.228 e. The molecule has 2 aromatic carbocycles. The molecule has 0 saturated heterocycles. The minimum absolute atomic E-state index is 0.128. The third kappa shape index (κ3) is 4.68. The van der Waals surface area contributed by atoms with E-state index in [-0.39, 0.29) is 29.7 Å². The summed E-state index contributed by atoms with van der Waals surface area (Å²) in [7, 11) is -3.66. The van der Waals surface area contributed by atoms with Crippen molar-refractivity contribution < 1.29 is 22.4 Å². The number of hydrogen-bond donors (Lipinski definition) is 1. The first-order chi connectivity index (χ1) is 13.7. The Labute approximate surface area is 167 Å². The number of amides is 1. The molecule has 9 heteroatoms. The fourth-order valence-electron chi connectivity index (χ4n) is 3.02. The van der Waals surface area contributed by atoms with Gasteiger partial charge in [-0.3, -0.25) is 9.59 Å². The normalized spacial score (nSPS) is 11.6. The smallest absolute Gasteiger partial charge is 0.228 e. The number of rotatable bonds is 7. The highest BCUT2D eigenvalue weighted by Crippen LogP contribution is 2.21. The van der Waals surface area contributed by atoms with Crippen LogP contribution in [0.2, 0.25) is 0 Å². The minimum atomic E-state index is -3.66. The summed E-state index contributed by atoms with van der Waals surface area (Å²) in [6, 6.07) is 10.9. The third-order valence-electron chi connectivity index (χ3n) is 4.40. The van der Waals surface area contributed by atoms with E-state index in [0.29, 0.717) is 23.0 Å². The third-order valence-corrected chi connectivity index (χ3v) is 5.37. The fourth-order valence-corrected chi connectivity index (χ4v) is 3.85. The van der Waals surface area contributed by atoms with Gasteiger partial charge in [-0.2, -0.15) is 0 Å². The molecule has 1 amide bonds. The van der Waals surface area contributed by atoms with E-state index in [2.05, 4.69) is 10.3 Å². The number of hydrogen-bond acceptors (Lipinski definition) is 5. The van der Waals surface area contributed by atoms with Crippen LogP contribution in [0.1, 0.15) is 22.8 Å². The zero-order valence-corrected chi connectivity index (χ0v) is 16.8. The number of ketones is 1. The largest absolute Gasteiger partial charge is 0.356 e. The molecule has 1 aromatic heterocycles. The molecular formula is C20H20FN3O4S. The summed E-state index contributed by atoms with van der Waals surface area (Å²) in [6.45, 7) is 1.38. The Balaban J connectivity index is 1.87. The molecule has 29 heavy (non-hydrogen) atoms. The molecule has 0 spiro atoms. The number of nitrogens with one attached hydrogen (secondary N) is 1. The molecule has 0 saturated carbocycles. The number of Topliss-reactive ketones (excluding diaryl/α,β-unsaturated/α-hetero) is 1. The molecule has 0 aliphatic heterocycles. The van der Waals surface area contributed by atoms with Gasteiger partial charge in [0.1, 0.15) is 5.82 Å². The Bertz CT molecular complexity index is 1200. The standard InChI is InChI=1S/C20H20FN3O4S/c1-13(25)22-10-9-14-7-8-15(11-16(14)21)19(26)12-24-18-6-4-3-5-17(18)23-20(24)29(2,27)28/h3-8,11H,9-10,12H2,1-2H3,(H,22,25). The Kier molecular flexibility index (Phi) is 5.78. The lowest BCUT2D eigenvalue weighted by molar-refractivity contribution is -0.118. The van der Waals surface area contributed by atoms with Gasteiger partial charge in [-0.25, -0.2) is 17.8 Å². The first-order valence-corrected chi connectivity index (χ1v) is 10.8. The second-order valence-electron chi connectivity index (χ2n) is 6.70. The van der Waals surface area contributed by atoms with Crippen LogP contribution in [0, 0.1) is 5.82 Å². The summed E-state index contributed by atoms with van der Waals surface area (Å²) in [5.74, 6) is -1.20. The number of aromatic nitrogens is 2. The highest BCUT2D eigenvalue weighted by molar-refractivity contribution is 7.90. The summed E-state index contributed by atoms with van der Waals surface area (Å²) in [5.41, 5.74) is 1.47. The molecule has 1 heterocycles. The predicted octanol–water partition coefficient (Wildman–Crippen LogP) is 2.14. The van der Waals surface area contributed by atoms with Crippen molar-refractivity contribution in [2.24, 2.45) is 0 Å². The van der Waals surface area contributed by atoms with E-state index < -0.39 is 21.4 Å². The van der Waals surface area contributed by atoms with Crippen LogP contribution < -0.4 is 5.32 Å². The predicted molar refractivity (Wildman–Crippen MR) is 106 cm³/mol. The number of fused-ring (bicyclic) bond motifs is 1. The van der Waals surface area contributed by atoms with E-state index in [0.717, 1.165) is 12.3 Å². The number of imidazole rings is 1. The van der Waals surface area contributed by atoms with E-state index in [1.807, 2.05) is 0 Å². The zero-order chi connectivity index (χ0) is 21.2. The maximum absolute atomic E-state index is 14.4. The molecule has 0 atom stereocenters. The molecule has 3 aromatic rings. The Morgan fingerprint density at radius 1 is 1.17 bits per heavy atom. The van der Waals surface area contributed by atoms with Crippen molar-refractivity contribution in [3.05, 3.63) is 59.4 Å². The van der Waals surface area contributed by atoms with Gasteiger partial charge >= 0.3 is 0 Å². The van der Waals surface area contributed by atoms with Crippen molar-refractivity contribution in [2.45, 2.75) is 25.0 Å². The fraction of sp³-hybridized carbons (Fsp3) is 0.250. The summed E-state index contributed by atoms with van der Waals surface area (Å²) < 4.78 is 39.9. The number of halogens is 1. The number of para-hydroxylation sites is 2. The quantitative estimate of drug-likeness (QED) is 0.594. The van der Waals surface area contributed by atoms with Crippen molar-refractivity contribution in [2.75, 3.05) is 12.8 Å². The molecule has 0 unspecified atom stereocenters. The maximum atomic E-state index is 14.4. The molecule has 7 nitrogen and oxygen atoms in total. The van der Waals surface area contributed by atoms with E-state index in [4.69, 9.17) is 0 Å². The average molecular weight is 417 g/mol. The van der Waals surface area contributed by atoms with E-state index in [9.17, 15) is 22.4 Å². The Morgan fingerprint density at radius 3 is 2.55 bits per heavy atom. The van der Waals surface area contributed by atoms with Crippen molar-refractivity contribution in [1.82, 2.24) is 14.9 Å². The van der Waals surface area contributed by atoms with Crippen molar-refractivity contribution in [3.8, 4) is 0 Å². The van der Waals surface area contributed by atoms with Crippen LogP contribution in [0.5, 0.6) is 0 Å². The van der Waals surface area contributed by atoms with Gasteiger partial charge in [0.2, 0.25) is 20.9 Å². The van der Waals surface area contributed by atoms with Crippen LogP contribution in [-0.2, 0) is 27.6 Å². The van der Waals surface area contributed by atoms with Crippen LogP contribution >= 0.6 is 0 Å². The van der Waals surface area contributed by atoms with Crippen molar-refractivity contribution in [3.63, 3.8) is 0 Å². The molecule has 152 valence electrons. The van der Waals surface area contributed by atoms with E-state index in [1.165, 1.54) is 23.6 Å². The van der Waals surface area contributed by atoms with Crippen LogP contribution in [0.4, 0.5) is 4.39 Å². The lowest BCUT2D eigenvalue weighted by atomic mass is 10.1. The number of nitrogens with zero attached hydrogens (tertiary/aromatic N) is 2. The van der Waals surface area contributed by atoms with Crippen LogP contribution in [0.15, 0.2) is 47.6 Å². The highest BCUT2D eigenvalue weighted by Gasteiger charge is 2.21. The number of carbonyl (C=O) groups is 2. The molecule has 1 N–H and O–H groups in total. The molecule has 0 fully saturated rings. The minimum Gasteiger partial charge on any atom is -0.356 e. The average Bonchev–Trinajstić information content (AvgIpc) is 3.02. The number of carbonyl (C=O) groups excluding carboxylic acids is 2. The number of sulfone groups is 1. The topological polar surface area (TPSA) is 98.1 Å². The highest BCUT2D eigenvalue weighted by atomic mass is 32.2. The van der Waals surface area contributed by atoms with Crippen LogP contribution in [0.25, 0.3) is 11.0 Å². The zero-order valence-electron chi connectivity index (χ0n) is 16.0. The molecule has 0 aliphatic carbocycles. The van der Waals surface area contributed by atoms with Crippen LogP contribution in [-0.4, -0.2) is 42.5 Å². The monoisotopic (exact) mass is 417 g/mol. The lowest BCUT2D eigenvalue weighted by Crippen LogP contribution is -2.22. The van der Waals surface area contributed by atoms with Crippen molar-refractivity contribution in [1.29, 1.82) is 0 Å². The first-order valence-electron chi connectivity index (χ1n) is 8.88. The molecule has 0 bridgehead atoms. The van der Waals surface area contributed by atoms with Gasteiger partial charge in [-0.1, -0.05) is 24.3 Å². The van der Waals surface area contributed by atoms with Gasteiger partial charge in [-0.15, -0.1) is 0 Å². The summed E-state index contributed by atoms with van der Waals surface area (Å²) in [4.78, 5) is 27.8. The molecular weight excluding hydrogens is 397 g/mol. The Morgan fingerprint density at radius 2 is 1.90 bits per heavy atom. The van der Waals surface area contributed by atoms with E-state index in [1.54, 1.807) is 24.3 Å². The van der Waals surface area contributed by atoms with Gasteiger partial charge in [0.15, 0.2) is 5.78 Å².